The van der Waals surface area contributed by atoms with Crippen LogP contribution in [0.2, 0.25) is 0 Å². The van der Waals surface area contributed by atoms with Crippen molar-refractivity contribution >= 4 is 16.8 Å². The standard InChI is InChI=1S/C15H19N3O/c1-10-3-4-13-11(7-10)12-8-17(2)6-5-14(12)18(13)9-15(16)19/h3-4,7H,5-6,8-9H2,1-2H3,(H2,16,19). The van der Waals surface area contributed by atoms with Gasteiger partial charge in [0.15, 0.2) is 0 Å². The maximum Gasteiger partial charge on any atom is 0.237 e. The minimum absolute atomic E-state index is 0.276. The Bertz CT molecular complexity index is 657. The molecule has 2 heterocycles. The number of primary amides is 1. The zero-order chi connectivity index (χ0) is 13.6. The lowest BCUT2D eigenvalue weighted by molar-refractivity contribution is -0.118. The van der Waals surface area contributed by atoms with Gasteiger partial charge in [0.2, 0.25) is 5.91 Å². The molecule has 3 rings (SSSR count). The van der Waals surface area contributed by atoms with Gasteiger partial charge in [-0.15, -0.1) is 0 Å². The largest absolute Gasteiger partial charge is 0.368 e. The quantitative estimate of drug-likeness (QED) is 0.884. The van der Waals surface area contributed by atoms with Crippen molar-refractivity contribution in [3.8, 4) is 0 Å². The number of nitrogens with zero attached hydrogens (tertiary/aromatic N) is 2. The molecule has 1 aliphatic rings. The Kier molecular flexibility index (Phi) is 2.82. The number of hydrogen-bond donors (Lipinski definition) is 1. The Labute approximate surface area is 112 Å². The molecule has 0 fully saturated rings. The van der Waals surface area contributed by atoms with Gasteiger partial charge in [-0.25, -0.2) is 0 Å². The molecule has 4 nitrogen and oxygen atoms in total. The van der Waals surface area contributed by atoms with E-state index in [4.69, 9.17) is 5.73 Å². The molecule has 1 amide bonds. The van der Waals surface area contributed by atoms with Gasteiger partial charge in [-0.1, -0.05) is 11.6 Å². The van der Waals surface area contributed by atoms with Crippen molar-refractivity contribution in [1.29, 1.82) is 0 Å². The van der Waals surface area contributed by atoms with Gasteiger partial charge in [-0.2, -0.15) is 0 Å². The van der Waals surface area contributed by atoms with Gasteiger partial charge in [0.25, 0.3) is 0 Å². The molecule has 1 aromatic heterocycles. The zero-order valence-electron chi connectivity index (χ0n) is 11.4. The van der Waals surface area contributed by atoms with Crippen LogP contribution in [0.1, 0.15) is 16.8 Å². The number of aryl methyl sites for hydroxylation is 1. The van der Waals surface area contributed by atoms with Gasteiger partial charge in [-0.05, 0) is 31.7 Å². The number of nitrogens with two attached hydrogens (primary N) is 1. The van der Waals surface area contributed by atoms with Crippen molar-refractivity contribution in [1.82, 2.24) is 9.47 Å². The number of carbonyl (C=O) groups excluding carboxylic acids is 1. The Balaban J connectivity index is 2.26. The minimum atomic E-state index is -0.279. The van der Waals surface area contributed by atoms with E-state index in [-0.39, 0.29) is 12.5 Å². The van der Waals surface area contributed by atoms with Crippen molar-refractivity contribution < 1.29 is 4.79 Å². The van der Waals surface area contributed by atoms with Crippen molar-refractivity contribution in [3.63, 3.8) is 0 Å². The Hall–Kier alpha value is -1.81. The summed E-state index contributed by atoms with van der Waals surface area (Å²) in [5, 5.41) is 1.27. The fourth-order valence-electron chi connectivity index (χ4n) is 3.04. The number of amides is 1. The van der Waals surface area contributed by atoms with Crippen LogP contribution in [0.4, 0.5) is 0 Å². The fraction of sp³-hybridized carbons (Fsp3) is 0.400. The van der Waals surface area contributed by atoms with E-state index in [0.717, 1.165) is 25.0 Å². The molecule has 1 aromatic carbocycles. The Morgan fingerprint density at radius 2 is 2.21 bits per heavy atom. The van der Waals surface area contributed by atoms with E-state index in [2.05, 4.69) is 41.6 Å². The molecule has 4 heteroatoms. The molecular weight excluding hydrogens is 238 g/mol. The molecule has 0 atom stereocenters. The number of fused-ring (bicyclic) bond motifs is 3. The first kappa shape index (κ1) is 12.2. The van der Waals surface area contributed by atoms with E-state index in [0.29, 0.717) is 0 Å². The van der Waals surface area contributed by atoms with Crippen molar-refractivity contribution in [3.05, 3.63) is 35.0 Å². The molecule has 1 aliphatic heterocycles. The van der Waals surface area contributed by atoms with E-state index in [1.54, 1.807) is 0 Å². The number of rotatable bonds is 2. The number of likely N-dealkylation sites (N-methyl/N-ethyl adjacent to an activating group) is 1. The second kappa shape index (κ2) is 4.38. The molecule has 100 valence electrons. The molecule has 0 saturated carbocycles. The van der Waals surface area contributed by atoms with Crippen LogP contribution in [0.3, 0.4) is 0 Å². The van der Waals surface area contributed by atoms with E-state index in [9.17, 15) is 4.79 Å². The molecule has 0 unspecified atom stereocenters. The van der Waals surface area contributed by atoms with E-state index < -0.39 is 0 Å². The van der Waals surface area contributed by atoms with Gasteiger partial charge < -0.3 is 15.2 Å². The molecule has 0 radical (unpaired) electrons. The summed E-state index contributed by atoms with van der Waals surface area (Å²) in [6.07, 6.45) is 0.979. The Morgan fingerprint density at radius 1 is 1.42 bits per heavy atom. The molecular formula is C15H19N3O. The van der Waals surface area contributed by atoms with Crippen molar-refractivity contribution in [2.45, 2.75) is 26.4 Å². The van der Waals surface area contributed by atoms with Gasteiger partial charge >= 0.3 is 0 Å². The highest BCUT2D eigenvalue weighted by Crippen LogP contribution is 2.31. The lowest BCUT2D eigenvalue weighted by atomic mass is 10.0. The summed E-state index contributed by atoms with van der Waals surface area (Å²) in [5.41, 5.74) is 10.4. The van der Waals surface area contributed by atoms with Crippen LogP contribution < -0.4 is 5.73 Å². The second-order valence-corrected chi connectivity index (χ2v) is 5.49. The predicted octanol–water partition coefficient (Wildman–Crippen LogP) is 1.42. The van der Waals surface area contributed by atoms with Crippen LogP contribution in [-0.2, 0) is 24.3 Å². The zero-order valence-corrected chi connectivity index (χ0v) is 11.4. The Morgan fingerprint density at radius 3 is 2.95 bits per heavy atom. The fourth-order valence-corrected chi connectivity index (χ4v) is 3.04. The monoisotopic (exact) mass is 257 g/mol. The molecule has 2 N–H and O–H groups in total. The maximum absolute atomic E-state index is 11.3. The van der Waals surface area contributed by atoms with Crippen LogP contribution in [0.5, 0.6) is 0 Å². The summed E-state index contributed by atoms with van der Waals surface area (Å²) >= 11 is 0. The van der Waals surface area contributed by atoms with Crippen LogP contribution in [0, 0.1) is 6.92 Å². The first-order valence-electron chi connectivity index (χ1n) is 6.63. The topological polar surface area (TPSA) is 51.3 Å². The van der Waals surface area contributed by atoms with Gasteiger partial charge in [0, 0.05) is 36.1 Å². The van der Waals surface area contributed by atoms with Gasteiger partial charge in [0.05, 0.1) is 0 Å². The van der Waals surface area contributed by atoms with Crippen LogP contribution >= 0.6 is 0 Å². The normalized spacial score (nSPS) is 15.7. The van der Waals surface area contributed by atoms with Gasteiger partial charge in [-0.3, -0.25) is 4.79 Å². The minimum Gasteiger partial charge on any atom is -0.368 e. The average Bonchev–Trinajstić information content (AvgIpc) is 2.62. The summed E-state index contributed by atoms with van der Waals surface area (Å²) < 4.78 is 2.10. The molecule has 19 heavy (non-hydrogen) atoms. The first-order chi connectivity index (χ1) is 9.06. The third-order valence-electron chi connectivity index (χ3n) is 3.91. The first-order valence-corrected chi connectivity index (χ1v) is 6.63. The average molecular weight is 257 g/mol. The van der Waals surface area contributed by atoms with Crippen LogP contribution in [0.15, 0.2) is 18.2 Å². The number of hydrogen-bond acceptors (Lipinski definition) is 2. The van der Waals surface area contributed by atoms with Crippen molar-refractivity contribution in [2.24, 2.45) is 5.73 Å². The summed E-state index contributed by atoms with van der Waals surface area (Å²) in [4.78, 5) is 13.6. The molecule has 0 aliphatic carbocycles. The lowest BCUT2D eigenvalue weighted by Gasteiger charge is -2.24. The molecule has 0 spiro atoms. The van der Waals surface area contributed by atoms with Crippen molar-refractivity contribution in [2.75, 3.05) is 13.6 Å². The van der Waals surface area contributed by atoms with Crippen LogP contribution in [-0.4, -0.2) is 29.0 Å². The molecule has 0 bridgehead atoms. The highest BCUT2D eigenvalue weighted by Gasteiger charge is 2.22. The van der Waals surface area contributed by atoms with E-state index in [1.807, 2.05) is 0 Å². The third kappa shape index (κ3) is 2.02. The van der Waals surface area contributed by atoms with E-state index >= 15 is 0 Å². The highest BCUT2D eigenvalue weighted by molar-refractivity contribution is 5.88. The van der Waals surface area contributed by atoms with Crippen LogP contribution in [0.25, 0.3) is 10.9 Å². The SMILES string of the molecule is Cc1ccc2c(c1)c1c(n2CC(N)=O)CCN(C)C1. The number of benzene rings is 1. The third-order valence-corrected chi connectivity index (χ3v) is 3.91. The number of carbonyl (C=O) groups is 1. The summed E-state index contributed by atoms with van der Waals surface area (Å²) in [6.45, 7) is 4.35. The maximum atomic E-state index is 11.3. The summed E-state index contributed by atoms with van der Waals surface area (Å²) in [5.74, 6) is -0.279. The smallest absolute Gasteiger partial charge is 0.237 e. The van der Waals surface area contributed by atoms with Gasteiger partial charge in [0.1, 0.15) is 6.54 Å². The molecule has 2 aromatic rings. The second-order valence-electron chi connectivity index (χ2n) is 5.49. The predicted molar refractivity (Wildman–Crippen MR) is 75.9 cm³/mol. The number of aromatic nitrogens is 1. The molecule has 0 saturated heterocycles. The highest BCUT2D eigenvalue weighted by atomic mass is 16.1. The lowest BCUT2D eigenvalue weighted by Crippen LogP contribution is -2.28. The summed E-state index contributed by atoms with van der Waals surface area (Å²) in [7, 11) is 2.13. The summed E-state index contributed by atoms with van der Waals surface area (Å²) in [6, 6.07) is 6.41. The van der Waals surface area contributed by atoms with E-state index in [1.165, 1.54) is 22.2 Å².